The van der Waals surface area contributed by atoms with Crippen LogP contribution in [0.1, 0.15) is 43.1 Å². The number of benzene rings is 1. The third-order valence-electron chi connectivity index (χ3n) is 8.24. The summed E-state index contributed by atoms with van der Waals surface area (Å²) in [4.78, 5) is 22.6. The Balaban J connectivity index is 1.31. The second-order valence-electron chi connectivity index (χ2n) is 11.0. The number of furan rings is 1. The Hall–Kier alpha value is -3.19. The zero-order chi connectivity index (χ0) is 27.9. The van der Waals surface area contributed by atoms with Crippen LogP contribution in [0.2, 0.25) is 0 Å². The first-order valence-corrected chi connectivity index (χ1v) is 15.3. The Kier molecular flexibility index (Phi) is 7.19. The van der Waals surface area contributed by atoms with Gasteiger partial charge >= 0.3 is 0 Å². The average Bonchev–Trinajstić information content (AvgIpc) is 3.53. The van der Waals surface area contributed by atoms with Crippen molar-refractivity contribution in [2.24, 2.45) is 5.41 Å². The zero-order valence-corrected chi connectivity index (χ0v) is 23.4. The van der Waals surface area contributed by atoms with Crippen LogP contribution in [-0.2, 0) is 14.8 Å². The van der Waals surface area contributed by atoms with Crippen molar-refractivity contribution in [2.75, 3.05) is 61.1 Å². The molecular weight excluding hydrogens is 534 g/mol. The molecule has 6 rings (SSSR count). The Labute approximate surface area is 233 Å². The molecule has 1 aromatic carbocycles. The predicted molar refractivity (Wildman–Crippen MR) is 151 cm³/mol. The highest BCUT2D eigenvalue weighted by Crippen LogP contribution is 2.54. The summed E-state index contributed by atoms with van der Waals surface area (Å²) < 4.78 is 39.5. The minimum absolute atomic E-state index is 0.0292. The molecule has 40 heavy (non-hydrogen) atoms. The topological polar surface area (TPSA) is 137 Å². The highest BCUT2D eigenvalue weighted by molar-refractivity contribution is 7.89. The van der Waals surface area contributed by atoms with E-state index in [-0.39, 0.29) is 29.8 Å². The number of anilines is 3. The molecule has 3 fully saturated rings. The van der Waals surface area contributed by atoms with Crippen LogP contribution in [0.3, 0.4) is 0 Å². The second-order valence-corrected chi connectivity index (χ2v) is 12.8. The molecule has 12 heteroatoms. The SMILES string of the molecule is C[C@H]1CN(c2nc(C(=O)Nc3ccc(S(=O)(=O)NCCO)cc3N3CCC4(CC3)CC4)cc3ccoc23)CCO1. The number of fused-ring (bicyclic) bond motifs is 1. The molecule has 1 atom stereocenters. The molecule has 0 unspecified atom stereocenters. The van der Waals surface area contributed by atoms with E-state index >= 15 is 0 Å². The molecule has 1 aliphatic carbocycles. The molecular formula is C28H35N5O6S. The standard InChI is InChI=1S/C28H35N5O6S/c1-19-18-33(12-15-38-19)26-25-20(4-14-39-25)16-23(30-26)27(35)31-22-3-2-21(40(36,37)29-9-13-34)17-24(22)32-10-7-28(5-6-28)8-11-32/h2-4,14,16-17,19,29,34H,5-13,15,18H2,1H3,(H,31,35)/t19-/m0/s1. The summed E-state index contributed by atoms with van der Waals surface area (Å²) in [6.45, 7) is 5.03. The van der Waals surface area contributed by atoms with E-state index in [1.807, 2.05) is 13.0 Å². The number of hydrogen-bond acceptors (Lipinski definition) is 9. The molecule has 0 bridgehead atoms. The number of aromatic nitrogens is 1. The third-order valence-corrected chi connectivity index (χ3v) is 9.70. The van der Waals surface area contributed by atoms with Crippen LogP contribution in [-0.4, -0.2) is 76.5 Å². The van der Waals surface area contributed by atoms with Crippen molar-refractivity contribution < 1.29 is 27.5 Å². The number of ether oxygens (including phenoxy) is 1. The van der Waals surface area contributed by atoms with Crippen molar-refractivity contribution >= 4 is 44.1 Å². The molecule has 2 aliphatic heterocycles. The number of aliphatic hydroxyl groups is 1. The lowest BCUT2D eigenvalue weighted by atomic mass is 9.93. The zero-order valence-electron chi connectivity index (χ0n) is 22.6. The Bertz CT molecular complexity index is 1510. The van der Waals surface area contributed by atoms with Gasteiger partial charge in [0.15, 0.2) is 11.4 Å². The normalized spacial score (nSPS) is 20.7. The van der Waals surface area contributed by atoms with Gasteiger partial charge in [0, 0.05) is 38.1 Å². The summed E-state index contributed by atoms with van der Waals surface area (Å²) >= 11 is 0. The number of hydrogen-bond donors (Lipinski definition) is 3. The van der Waals surface area contributed by atoms with Gasteiger partial charge in [0.25, 0.3) is 5.91 Å². The molecule has 1 saturated carbocycles. The number of rotatable bonds is 8. The fourth-order valence-corrected chi connectivity index (χ4v) is 6.74. The minimum Gasteiger partial charge on any atom is -0.460 e. The van der Waals surface area contributed by atoms with Gasteiger partial charge in [-0.05, 0) is 68.4 Å². The van der Waals surface area contributed by atoms with Crippen molar-refractivity contribution in [2.45, 2.75) is 43.6 Å². The summed E-state index contributed by atoms with van der Waals surface area (Å²) in [5, 5.41) is 12.9. The summed E-state index contributed by atoms with van der Waals surface area (Å²) in [5.41, 5.74) is 2.48. The molecule has 1 amide bonds. The van der Waals surface area contributed by atoms with Crippen molar-refractivity contribution in [1.29, 1.82) is 0 Å². The number of nitrogens with one attached hydrogen (secondary N) is 2. The molecule has 4 heterocycles. The number of pyridine rings is 1. The lowest BCUT2D eigenvalue weighted by molar-refractivity contribution is 0.0530. The van der Waals surface area contributed by atoms with E-state index in [4.69, 9.17) is 19.2 Å². The first-order valence-electron chi connectivity index (χ1n) is 13.8. The molecule has 2 saturated heterocycles. The molecule has 3 aliphatic rings. The largest absolute Gasteiger partial charge is 0.460 e. The minimum atomic E-state index is -3.82. The fraction of sp³-hybridized carbons (Fsp3) is 0.500. The molecule has 2 aromatic heterocycles. The maximum Gasteiger partial charge on any atom is 0.274 e. The van der Waals surface area contributed by atoms with E-state index in [2.05, 4.69) is 19.8 Å². The maximum absolute atomic E-state index is 13.6. The maximum atomic E-state index is 13.6. The molecule has 214 valence electrons. The van der Waals surface area contributed by atoms with E-state index in [0.29, 0.717) is 47.9 Å². The van der Waals surface area contributed by atoms with Gasteiger partial charge in [0.05, 0.1) is 41.9 Å². The van der Waals surface area contributed by atoms with E-state index in [0.717, 1.165) is 31.3 Å². The summed E-state index contributed by atoms with van der Waals surface area (Å²) in [5.74, 6) is 0.210. The average molecular weight is 570 g/mol. The van der Waals surface area contributed by atoms with E-state index in [1.54, 1.807) is 24.5 Å². The summed E-state index contributed by atoms with van der Waals surface area (Å²) in [6, 6.07) is 8.22. The number of aliphatic hydroxyl groups excluding tert-OH is 1. The second kappa shape index (κ2) is 10.7. The molecule has 3 aromatic rings. The van der Waals surface area contributed by atoms with Gasteiger partial charge in [-0.25, -0.2) is 18.1 Å². The first-order chi connectivity index (χ1) is 19.3. The van der Waals surface area contributed by atoms with E-state index in [1.165, 1.54) is 18.9 Å². The molecule has 0 radical (unpaired) electrons. The fourth-order valence-electron chi connectivity index (χ4n) is 5.69. The van der Waals surface area contributed by atoms with Gasteiger partial charge in [-0.2, -0.15) is 0 Å². The lowest BCUT2D eigenvalue weighted by Gasteiger charge is -2.35. The monoisotopic (exact) mass is 569 g/mol. The number of sulfonamides is 1. The van der Waals surface area contributed by atoms with E-state index in [9.17, 15) is 13.2 Å². The van der Waals surface area contributed by atoms with Crippen molar-refractivity contribution in [3.8, 4) is 0 Å². The molecule has 11 nitrogen and oxygen atoms in total. The van der Waals surface area contributed by atoms with Crippen LogP contribution in [0.4, 0.5) is 17.2 Å². The summed E-state index contributed by atoms with van der Waals surface area (Å²) in [7, 11) is -3.82. The predicted octanol–water partition coefficient (Wildman–Crippen LogP) is 2.96. The number of morpholine rings is 1. The van der Waals surface area contributed by atoms with Crippen LogP contribution < -0.4 is 19.8 Å². The van der Waals surface area contributed by atoms with Crippen molar-refractivity contribution in [3.63, 3.8) is 0 Å². The first kappa shape index (κ1) is 27.0. The van der Waals surface area contributed by atoms with Crippen LogP contribution >= 0.6 is 0 Å². The van der Waals surface area contributed by atoms with Crippen molar-refractivity contribution in [3.05, 3.63) is 42.3 Å². The smallest absolute Gasteiger partial charge is 0.274 e. The highest BCUT2D eigenvalue weighted by atomic mass is 32.2. The van der Waals surface area contributed by atoms with Crippen LogP contribution in [0.5, 0.6) is 0 Å². The Morgan fingerprint density at radius 3 is 2.65 bits per heavy atom. The number of nitrogens with zero attached hydrogens (tertiary/aromatic N) is 3. The number of carbonyl (C=O) groups is 1. The van der Waals surface area contributed by atoms with Crippen LogP contribution in [0.25, 0.3) is 11.0 Å². The lowest BCUT2D eigenvalue weighted by Crippen LogP contribution is -2.41. The number of carbonyl (C=O) groups excluding carboxylic acids is 1. The highest BCUT2D eigenvalue weighted by Gasteiger charge is 2.44. The Morgan fingerprint density at radius 2 is 1.93 bits per heavy atom. The van der Waals surface area contributed by atoms with Crippen LogP contribution in [0, 0.1) is 5.41 Å². The third kappa shape index (κ3) is 5.40. The Morgan fingerprint density at radius 1 is 1.12 bits per heavy atom. The number of amides is 1. The van der Waals surface area contributed by atoms with Gasteiger partial charge < -0.3 is 29.4 Å². The van der Waals surface area contributed by atoms with Gasteiger partial charge in [-0.3, -0.25) is 4.79 Å². The quantitative estimate of drug-likeness (QED) is 0.374. The molecule has 1 spiro atoms. The van der Waals surface area contributed by atoms with E-state index < -0.39 is 15.9 Å². The van der Waals surface area contributed by atoms with Crippen LogP contribution in [0.15, 0.2) is 45.9 Å². The van der Waals surface area contributed by atoms with Gasteiger partial charge in [0.2, 0.25) is 10.0 Å². The molecule has 3 N–H and O–H groups in total. The van der Waals surface area contributed by atoms with Crippen molar-refractivity contribution in [1.82, 2.24) is 9.71 Å². The summed E-state index contributed by atoms with van der Waals surface area (Å²) in [6.07, 6.45) is 6.20. The van der Waals surface area contributed by atoms with Gasteiger partial charge in [-0.15, -0.1) is 0 Å². The number of piperidine rings is 1. The van der Waals surface area contributed by atoms with Gasteiger partial charge in [0.1, 0.15) is 5.69 Å². The van der Waals surface area contributed by atoms with Gasteiger partial charge in [-0.1, -0.05) is 0 Å².